The van der Waals surface area contributed by atoms with Gasteiger partial charge in [0, 0.05) is 0 Å². The monoisotopic (exact) mass is 1470 g/mol. The fourth-order valence-corrected chi connectivity index (χ4v) is 9.70. The van der Waals surface area contributed by atoms with Gasteiger partial charge in [-0.05, 0) is 36.4 Å². The van der Waals surface area contributed by atoms with Gasteiger partial charge in [-0.15, -0.1) is 0 Å². The van der Waals surface area contributed by atoms with Crippen LogP contribution in [0.2, 0.25) is 0 Å². The van der Waals surface area contributed by atoms with E-state index in [1.54, 1.807) is 0 Å². The summed E-state index contributed by atoms with van der Waals surface area (Å²) >= 11 is 0. The molecule has 0 atom stereocenters. The van der Waals surface area contributed by atoms with E-state index < -0.39 is 185 Å². The Morgan fingerprint density at radius 1 is 0.217 bits per heavy atom. The van der Waals surface area contributed by atoms with Gasteiger partial charge in [0.15, 0.2) is 27.0 Å². The van der Waals surface area contributed by atoms with E-state index in [1.165, 1.54) is 0 Å². The predicted molar refractivity (Wildman–Crippen MR) is 210 cm³/mol. The van der Waals surface area contributed by atoms with Crippen LogP contribution in [-0.4, -0.2) is 145 Å². The van der Waals surface area contributed by atoms with Crippen molar-refractivity contribution in [2.75, 3.05) is 19.8 Å². The lowest BCUT2D eigenvalue weighted by Gasteiger charge is -2.41. The van der Waals surface area contributed by atoms with Crippen molar-refractivity contribution >= 4 is 23.1 Å². The van der Waals surface area contributed by atoms with Gasteiger partial charge in [-0.2, -0.15) is 198 Å². The number of halogens is 45. The first-order valence-corrected chi connectivity index (χ1v) is 23.6. The zero-order valence-corrected chi connectivity index (χ0v) is 42.5. The van der Waals surface area contributed by atoms with Gasteiger partial charge >= 0.3 is 125 Å². The fourth-order valence-electron chi connectivity index (χ4n) is 6.68. The molecule has 0 aliphatic rings. The summed E-state index contributed by atoms with van der Waals surface area (Å²) in [7, 11) is -6.95. The fraction of sp³-hybridized carbons (Fsp3) is 0.571. The lowest BCUT2D eigenvalue weighted by Crippen LogP contribution is -2.73. The maximum absolute atomic E-state index is 15.7. The van der Waals surface area contributed by atoms with E-state index in [2.05, 4.69) is 14.2 Å². The number of ether oxygens (including phenoxy) is 3. The normalized spacial score (nSPS) is 15.8. The minimum atomic E-state index is -9.07. The van der Waals surface area contributed by atoms with Crippen LogP contribution in [0.15, 0.2) is 72.8 Å². The molecule has 0 heterocycles. The second-order valence-corrected chi connectivity index (χ2v) is 20.8. The summed E-state index contributed by atoms with van der Waals surface area (Å²) in [5.74, 6) is -162. The number of hydrogen-bond acceptors (Lipinski definition) is 4. The first kappa shape index (κ1) is 80.4. The third-order valence-electron chi connectivity index (χ3n) is 12.0. The molecule has 0 N–H and O–H groups in total. The van der Waals surface area contributed by atoms with Crippen molar-refractivity contribution in [3.8, 4) is 17.2 Å². The van der Waals surface area contributed by atoms with E-state index in [0.29, 0.717) is 0 Å². The zero-order chi connectivity index (χ0) is 73.2. The van der Waals surface area contributed by atoms with Crippen molar-refractivity contribution in [1.29, 1.82) is 0 Å². The second-order valence-electron chi connectivity index (χ2n) is 18.1. The van der Waals surface area contributed by atoms with E-state index in [1.807, 2.05) is 0 Å². The molecule has 0 radical (unpaired) electrons. The Balaban J connectivity index is 2.47. The van der Waals surface area contributed by atoms with Gasteiger partial charge in [0.1, 0.15) is 17.2 Å². The first-order valence-electron chi connectivity index (χ1n) is 21.9. The van der Waals surface area contributed by atoms with Crippen molar-refractivity contribution in [3.05, 3.63) is 72.8 Å². The standard InChI is InChI=1S/C42H18F45O4P/c43-22(44,25(49,50)28(55,56)31(61,62)34(67,68)37(73,74)40(79,80)81)13-89-16-7-1-4-10-19(16)92(88,20-11-5-2-8-17(20)90-14-23(45,46)26(51,52)29(57,58)32(63,64)35(69,70)38(75,76)41(82,83)84)21-12-6-3-9-18(21)91-15-24(47,48)27(53,54)30(59,60)33(65,66)36(71,72)39(77,78)42(85,86)87/h1-12H,13-15H2. The summed E-state index contributed by atoms with van der Waals surface area (Å²) in [6, 6.07) is -1.23. The van der Waals surface area contributed by atoms with Gasteiger partial charge < -0.3 is 18.8 Å². The number of alkyl halides is 45. The molecular formula is C42H18F45O4P. The average molecular weight is 1470 g/mol. The van der Waals surface area contributed by atoms with Crippen molar-refractivity contribution in [2.45, 2.75) is 125 Å². The van der Waals surface area contributed by atoms with Crippen LogP contribution in [0.1, 0.15) is 0 Å². The predicted octanol–water partition coefficient (Wildman–Crippen LogP) is 17.6. The number of para-hydroxylation sites is 3. The summed E-state index contributed by atoms with van der Waals surface area (Å²) in [6.07, 6.45) is -24.5. The molecule has 0 bridgehead atoms. The van der Waals surface area contributed by atoms with Crippen LogP contribution in [0.4, 0.5) is 198 Å². The van der Waals surface area contributed by atoms with E-state index >= 15 is 30.9 Å². The summed E-state index contributed by atoms with van der Waals surface area (Å²) in [4.78, 5) is 0. The molecule has 4 nitrogen and oxygen atoms in total. The molecule has 3 aromatic rings. The van der Waals surface area contributed by atoms with Gasteiger partial charge in [-0.25, -0.2) is 0 Å². The van der Waals surface area contributed by atoms with Crippen molar-refractivity contribution in [2.24, 2.45) is 0 Å². The Bertz CT molecular complexity index is 2830. The summed E-state index contributed by atoms with van der Waals surface area (Å²) in [5.41, 5.74) is 0. The Hall–Kier alpha value is -5.86. The molecule has 0 aliphatic heterocycles. The highest BCUT2D eigenvalue weighted by Gasteiger charge is 2.96. The second kappa shape index (κ2) is 22.9. The number of hydrogen-bond donors (Lipinski definition) is 0. The Kier molecular flexibility index (Phi) is 20.0. The molecule has 3 rings (SSSR count). The van der Waals surface area contributed by atoms with Crippen LogP contribution in [0.3, 0.4) is 0 Å². The lowest BCUT2D eigenvalue weighted by molar-refractivity contribution is -0.453. The molecule has 3 aromatic carbocycles. The van der Waals surface area contributed by atoms with Crippen LogP contribution >= 0.6 is 7.14 Å². The van der Waals surface area contributed by atoms with Gasteiger partial charge in [0.05, 0.1) is 15.9 Å². The molecule has 0 spiro atoms. The van der Waals surface area contributed by atoms with E-state index in [-0.39, 0.29) is 72.8 Å². The molecule has 50 heteroatoms. The molecule has 0 amide bonds. The minimum Gasteiger partial charge on any atom is -0.486 e. The Labute approximate surface area is 474 Å². The van der Waals surface area contributed by atoms with Crippen LogP contribution < -0.4 is 30.1 Å². The number of benzene rings is 3. The molecule has 530 valence electrons. The molecule has 0 fully saturated rings. The highest BCUT2D eigenvalue weighted by molar-refractivity contribution is 7.85. The zero-order valence-electron chi connectivity index (χ0n) is 41.6. The quantitative estimate of drug-likeness (QED) is 0.0564. The van der Waals surface area contributed by atoms with Gasteiger partial charge in [0.25, 0.3) is 0 Å². The van der Waals surface area contributed by atoms with Crippen LogP contribution in [0, 0.1) is 0 Å². The summed E-state index contributed by atoms with van der Waals surface area (Å²) < 4.78 is 657. The average Bonchev–Trinajstić information content (AvgIpc) is 0.717. The van der Waals surface area contributed by atoms with Gasteiger partial charge in [-0.3, -0.25) is 0 Å². The topological polar surface area (TPSA) is 44.8 Å². The van der Waals surface area contributed by atoms with Crippen molar-refractivity contribution in [3.63, 3.8) is 0 Å². The number of rotatable bonds is 27. The lowest BCUT2D eigenvalue weighted by atomic mass is 9.91. The largest absolute Gasteiger partial charge is 0.486 e. The molecular weight excluding hydrogens is 1450 g/mol. The molecule has 0 saturated heterocycles. The summed E-state index contributed by atoms with van der Waals surface area (Å²) in [6.45, 7) is -12.3. The first-order chi connectivity index (χ1) is 40.1. The summed E-state index contributed by atoms with van der Waals surface area (Å²) in [5, 5.41) is -6.69. The van der Waals surface area contributed by atoms with Crippen LogP contribution in [0.5, 0.6) is 17.2 Å². The van der Waals surface area contributed by atoms with E-state index in [4.69, 9.17) is 0 Å². The molecule has 92 heavy (non-hydrogen) atoms. The molecule has 0 unspecified atom stereocenters. The Morgan fingerprint density at radius 3 is 0.522 bits per heavy atom. The molecule has 0 aromatic heterocycles. The van der Waals surface area contributed by atoms with E-state index in [9.17, 15) is 171 Å². The maximum Gasteiger partial charge on any atom is 0.460 e. The highest BCUT2D eigenvalue weighted by atomic mass is 31.2. The molecule has 0 aliphatic carbocycles. The van der Waals surface area contributed by atoms with Crippen LogP contribution in [-0.2, 0) is 4.57 Å². The third kappa shape index (κ3) is 11.5. The van der Waals surface area contributed by atoms with Gasteiger partial charge in [-0.1, -0.05) is 36.4 Å². The van der Waals surface area contributed by atoms with E-state index in [0.717, 1.165) is 0 Å². The maximum atomic E-state index is 15.7. The van der Waals surface area contributed by atoms with Crippen molar-refractivity contribution < 1.29 is 216 Å². The molecule has 0 saturated carbocycles. The third-order valence-corrected chi connectivity index (χ3v) is 15.2. The SMILES string of the molecule is O=P(c1ccccc1OCC(F)(F)C(F)(F)C(F)(F)C(F)(F)C(F)(F)C(F)(F)C(F)(F)F)(c1ccccc1OCC(F)(F)C(F)(F)C(F)(F)C(F)(F)C(F)(F)C(F)(F)C(F)(F)F)c1ccccc1OCC(F)(F)C(F)(F)C(F)(F)C(F)(F)C(F)(F)C(F)(F)C(F)(F)F. The van der Waals surface area contributed by atoms with Crippen LogP contribution in [0.25, 0.3) is 0 Å². The van der Waals surface area contributed by atoms with Gasteiger partial charge in [0.2, 0.25) is 0 Å². The minimum absolute atomic E-state index is 0.0895. The highest BCUT2D eigenvalue weighted by Crippen LogP contribution is 2.66. The van der Waals surface area contributed by atoms with Crippen molar-refractivity contribution in [1.82, 2.24) is 0 Å². The Morgan fingerprint density at radius 2 is 0.359 bits per heavy atom. The smallest absolute Gasteiger partial charge is 0.460 e.